The van der Waals surface area contributed by atoms with Gasteiger partial charge in [0, 0.05) is 149 Å². The lowest BCUT2D eigenvalue weighted by atomic mass is 9.94. The molecule has 10 rings (SSSR count). The van der Waals surface area contributed by atoms with E-state index < -0.39 is 246 Å². The van der Waals surface area contributed by atoms with E-state index in [4.69, 9.17) is 45.9 Å². The zero-order chi connectivity index (χ0) is 99.4. The molecule has 26 N–H and O–H groups in total. The van der Waals surface area contributed by atoms with Gasteiger partial charge in [0.25, 0.3) is 0 Å². The quantitative estimate of drug-likeness (QED) is 0.0240. The maximum absolute atomic E-state index is 14.1. The molecule has 0 aliphatic carbocycles. The monoisotopic (exact) mass is 1990 g/mol. The van der Waals surface area contributed by atoms with Crippen molar-refractivity contribution in [2.75, 3.05) is 94.9 Å². The van der Waals surface area contributed by atoms with E-state index >= 15 is 0 Å². The number of nitrogens with one attached hydrogen (secondary N) is 8. The third-order valence-electron chi connectivity index (χ3n) is 19.5. The van der Waals surface area contributed by atoms with Gasteiger partial charge in [-0.3, -0.25) is 38.4 Å². The Bertz CT molecular complexity index is 6250. The zero-order valence-corrected chi connectivity index (χ0v) is 76.2. The fourth-order valence-corrected chi connectivity index (χ4v) is 20.2. The number of aromatic nitrogens is 6. The Morgan fingerprint density at radius 2 is 0.456 bits per heavy atom. The summed E-state index contributed by atoms with van der Waals surface area (Å²) in [5.41, 5.74) is 42.7. The number of aliphatic hydroxyl groups is 2. The first-order chi connectivity index (χ1) is 64.0. The molecule has 0 saturated carbocycles. The molecule has 0 spiro atoms. The van der Waals surface area contributed by atoms with Crippen LogP contribution < -0.4 is 88.4 Å². The van der Waals surface area contributed by atoms with Gasteiger partial charge in [0.15, 0.2) is 0 Å². The van der Waals surface area contributed by atoms with Gasteiger partial charge in [-0.05, 0) is 156 Å². The first-order valence-corrected chi connectivity index (χ1v) is 48.7. The number of carbonyl (C=O) groups is 8. The van der Waals surface area contributed by atoms with E-state index in [1.54, 1.807) is 0 Å². The molecule has 0 saturated heterocycles. The van der Waals surface area contributed by atoms with Gasteiger partial charge in [0.1, 0.15) is 20.2 Å². The molecule has 2 heterocycles. The Labute approximate surface area is 777 Å². The van der Waals surface area contributed by atoms with Crippen molar-refractivity contribution in [1.29, 1.82) is 0 Å². The van der Waals surface area contributed by atoms with Gasteiger partial charge in [0.2, 0.25) is 123 Å². The second-order valence-corrected chi connectivity index (χ2v) is 39.9. The molecular formula is C80H90N26O24S6-2. The molecule has 0 aliphatic rings. The maximum atomic E-state index is 14.1. The van der Waals surface area contributed by atoms with Crippen molar-refractivity contribution in [3.8, 4) is 11.1 Å². The lowest BCUT2D eigenvalue weighted by Gasteiger charge is -2.21. The summed E-state index contributed by atoms with van der Waals surface area (Å²) in [7, 11) is -28.9. The Balaban J connectivity index is 0.928. The Hall–Kier alpha value is -14.7. The molecule has 50 nitrogen and oxygen atoms in total. The number of nitrogens with two attached hydrogens (primary N) is 8. The van der Waals surface area contributed by atoms with Gasteiger partial charge in [-0.25, -0.2) is 50.5 Å². The van der Waals surface area contributed by atoms with Crippen molar-refractivity contribution in [3.05, 3.63) is 181 Å². The first kappa shape index (κ1) is 103. The number of anilines is 16. The second kappa shape index (κ2) is 44.9. The number of nitrogens with zero attached hydrogens (tertiary/aromatic N) is 10. The third kappa shape index (κ3) is 28.7. The molecule has 0 radical (unpaired) electrons. The van der Waals surface area contributed by atoms with Crippen molar-refractivity contribution in [2.45, 2.75) is 94.0 Å². The van der Waals surface area contributed by atoms with Crippen molar-refractivity contribution in [3.63, 3.8) is 0 Å². The van der Waals surface area contributed by atoms with Gasteiger partial charge in [-0.2, -0.15) is 47.1 Å². The molecular weight excluding hydrogens is 1900 g/mol. The van der Waals surface area contributed by atoms with Gasteiger partial charge < -0.3 is 108 Å². The first-order valence-electron chi connectivity index (χ1n) is 40.1. The summed E-state index contributed by atoms with van der Waals surface area (Å²) >= 11 is 0. The summed E-state index contributed by atoms with van der Waals surface area (Å²) in [4.78, 5) is 117. The molecule has 8 amide bonds. The van der Waals surface area contributed by atoms with Gasteiger partial charge in [-0.15, -0.1) is 0 Å². The maximum Gasteiger partial charge on any atom is 0.243 e. The van der Waals surface area contributed by atoms with Crippen LogP contribution in [-0.4, -0.2) is 217 Å². The summed E-state index contributed by atoms with van der Waals surface area (Å²) in [5, 5.41) is 44.5. The number of aliphatic hydroxyl groups excluding tert-OH is 2. The Morgan fingerprint density at radius 1 is 0.265 bits per heavy atom. The van der Waals surface area contributed by atoms with Gasteiger partial charge in [-0.1, -0.05) is 36.4 Å². The molecule has 0 atom stereocenters. The average Bonchev–Trinajstić information content (AvgIpc) is 0.777. The van der Waals surface area contributed by atoms with E-state index in [-0.39, 0.29) is 123 Å². The number of sulfonamides is 4. The van der Waals surface area contributed by atoms with Crippen LogP contribution in [0.5, 0.6) is 0 Å². The molecule has 2 aromatic heterocycles. The minimum absolute atomic E-state index is 0.00982. The highest BCUT2D eigenvalue weighted by Crippen LogP contribution is 2.38. The molecule has 0 unspecified atom stereocenters. The Kier molecular flexibility index (Phi) is 34.1. The molecule has 0 fully saturated rings. The van der Waals surface area contributed by atoms with Crippen LogP contribution in [0, 0.1) is 0 Å². The highest BCUT2D eigenvalue weighted by atomic mass is 32.2. The van der Waals surface area contributed by atoms with E-state index in [9.17, 15) is 108 Å². The summed E-state index contributed by atoms with van der Waals surface area (Å²) in [5.74, 6) is -9.16. The van der Waals surface area contributed by atoms with Crippen LogP contribution in [0.3, 0.4) is 0 Å². The average molecular weight is 1990 g/mol. The van der Waals surface area contributed by atoms with E-state index in [1.165, 1.54) is 133 Å². The predicted octanol–water partition coefficient (Wildman–Crippen LogP) is 1.43. The van der Waals surface area contributed by atoms with E-state index in [1.807, 2.05) is 0 Å². The number of hydrogen-bond acceptors (Lipinski definition) is 38. The number of amides is 8. The lowest BCUT2D eigenvalue weighted by Crippen LogP contribution is -2.36. The summed E-state index contributed by atoms with van der Waals surface area (Å²) < 4.78 is 196. The highest BCUT2D eigenvalue weighted by Gasteiger charge is 2.32. The Morgan fingerprint density at radius 3 is 0.647 bits per heavy atom. The fourth-order valence-electron chi connectivity index (χ4n) is 12.9. The van der Waals surface area contributed by atoms with Crippen molar-refractivity contribution < 1.29 is 108 Å². The van der Waals surface area contributed by atoms with E-state index in [2.05, 4.69) is 72.4 Å². The third-order valence-corrected chi connectivity index (χ3v) is 28.8. The number of benzene rings is 8. The van der Waals surface area contributed by atoms with Crippen LogP contribution in [0.4, 0.5) is 92.6 Å². The number of rotatable bonds is 53. The topological polar surface area (TPSA) is 823 Å². The smallest absolute Gasteiger partial charge is 0.243 e. The molecule has 0 aliphatic heterocycles. The summed E-state index contributed by atoms with van der Waals surface area (Å²) in [6, 6.07) is 35.5. The predicted molar refractivity (Wildman–Crippen MR) is 490 cm³/mol. The van der Waals surface area contributed by atoms with Crippen LogP contribution in [0.2, 0.25) is 0 Å². The SMILES string of the molecule is NC(=O)CCN(CCC(N)=O)S(=O)(=O)c1cccc(Nc2nc(Nc3cccc(S(=O)(=O)N(CCC(N)=O)CCC(N)=O)c3)nc(Nc3ccc(Nc4ccc(-c5ccc(Nc6ccc(Nc7nc(Nc8cccc(S(=O)(=O)N(CCC(N)=O)CCC(N)=O)c8)nc(Nc8cccc(S(=O)(=O)N(CCC(N)=O)CCC(N)=O)c8)n7)cc6S(=O)(=O)[O-])cc5CO)c(CO)c4)c(S(=O)(=O)[O-])c3)n2)c1. The van der Waals surface area contributed by atoms with Crippen LogP contribution in [-0.2, 0) is 112 Å². The summed E-state index contributed by atoms with van der Waals surface area (Å²) in [6.07, 6.45) is -3.44. The number of carbonyl (C=O) groups excluding carboxylic acids is 8. The fraction of sp³-hybridized carbons (Fsp3) is 0.225. The van der Waals surface area contributed by atoms with Crippen molar-refractivity contribution in [2.24, 2.45) is 45.9 Å². The molecule has 56 heteroatoms. The van der Waals surface area contributed by atoms with Gasteiger partial charge in [0.05, 0.1) is 54.0 Å². The van der Waals surface area contributed by atoms with Crippen LogP contribution >= 0.6 is 0 Å². The van der Waals surface area contributed by atoms with E-state index in [0.29, 0.717) is 0 Å². The lowest BCUT2D eigenvalue weighted by molar-refractivity contribution is -0.119. The highest BCUT2D eigenvalue weighted by molar-refractivity contribution is 7.90. The van der Waals surface area contributed by atoms with Crippen molar-refractivity contribution >= 4 is 200 Å². The molecule has 10 aromatic rings. The van der Waals surface area contributed by atoms with E-state index in [0.717, 1.165) is 53.6 Å². The van der Waals surface area contributed by atoms with Crippen LogP contribution in [0.15, 0.2) is 199 Å². The largest absolute Gasteiger partial charge is 0.744 e. The van der Waals surface area contributed by atoms with Gasteiger partial charge >= 0.3 is 0 Å². The molecule has 0 bridgehead atoms. The standard InChI is InChI=1S/C80H92N26O24S6/c81-67(109)21-29-103(30-22-68(82)110)131(117,118)57-9-1-5-49(39-57)91-75-97-76(92-50-6-2-10-58(40-50)132(119,120)104(31-23-69(83)111)32-24-70(84)112)100-79(99-75)95-55-15-19-63(65(43-55)135(125,126)127)89-53-13-17-61(47(37-53)45-107)62-18-14-54(38-48(62)46-108)90-64-20-16-56(44-66(64)136(128,129)130)96-80-101-77(93-51-7-3-11-59(41-51)133(121,122)105(33-25-71(85)113)34-26-72(86)114)98-78(102-80)94-52-8-4-12-60(42-52)134(123,124)106(35-27-73(87)115)36-28-74(88)116/h1-20,37-44,89-90,107-108H,21-36,45-46H2,(H2,81,109)(H2,82,110)(H2,83,111)(H2,84,112)(H2,85,113)(H2,86,114)(H2,87,115)(H2,88,116)(H,125,126,127)(H,128,129,130)(H3,91,92,95,97,99,100)(H3,93,94,96,98,101,102)/p-2. The van der Waals surface area contributed by atoms with Crippen molar-refractivity contribution in [1.82, 2.24) is 47.1 Å². The normalized spacial score (nSPS) is 12.0. The minimum atomic E-state index is -5.45. The molecule has 722 valence electrons. The summed E-state index contributed by atoms with van der Waals surface area (Å²) in [6.45, 7) is -4.88. The zero-order valence-electron chi connectivity index (χ0n) is 71.3. The molecule has 8 aromatic carbocycles. The number of primary amides is 8. The van der Waals surface area contributed by atoms with Crippen LogP contribution in [0.25, 0.3) is 11.1 Å². The molecule has 136 heavy (non-hydrogen) atoms. The minimum Gasteiger partial charge on any atom is -0.744 e. The second-order valence-electron chi connectivity index (χ2n) is 29.5. The van der Waals surface area contributed by atoms with Crippen LogP contribution in [0.1, 0.15) is 62.5 Å². The number of hydrogen-bond donors (Lipinski definition) is 18.